The van der Waals surface area contributed by atoms with Gasteiger partial charge in [-0.05, 0) is 50.0 Å². The van der Waals surface area contributed by atoms with E-state index in [4.69, 9.17) is 0 Å². The molecule has 1 atom stereocenters. The van der Waals surface area contributed by atoms with Gasteiger partial charge in [0, 0.05) is 25.8 Å². The van der Waals surface area contributed by atoms with Crippen LogP contribution in [-0.2, 0) is 11.2 Å². The van der Waals surface area contributed by atoms with E-state index in [2.05, 4.69) is 22.8 Å². The van der Waals surface area contributed by atoms with E-state index >= 15 is 0 Å². The van der Waals surface area contributed by atoms with Crippen molar-refractivity contribution in [1.29, 1.82) is 0 Å². The first-order chi connectivity index (χ1) is 9.65. The topological polar surface area (TPSA) is 44.4 Å². The Balaban J connectivity index is 1.89. The number of nitrogens with one attached hydrogen (secondary N) is 2. The normalized spacial score (nSPS) is 19.2. The lowest BCUT2D eigenvalue weighted by atomic mass is 10.1. The largest absolute Gasteiger partial charge is 0.382 e. The third kappa shape index (κ3) is 4.53. The summed E-state index contributed by atoms with van der Waals surface area (Å²) in [6.07, 6.45) is 4.09. The van der Waals surface area contributed by atoms with Crippen LogP contribution in [0.5, 0.6) is 0 Å². The molecule has 1 amide bonds. The van der Waals surface area contributed by atoms with Gasteiger partial charge < -0.3 is 15.5 Å². The predicted molar refractivity (Wildman–Crippen MR) is 83.0 cm³/mol. The Hall–Kier alpha value is -1.55. The number of carbonyl (C=O) groups is 1. The number of hydrogen-bond acceptors (Lipinski definition) is 3. The van der Waals surface area contributed by atoms with Gasteiger partial charge in [0.25, 0.3) is 0 Å². The number of likely N-dealkylation sites (N-methyl/N-ethyl adjacent to an activating group) is 1. The van der Waals surface area contributed by atoms with E-state index in [1.165, 1.54) is 19.3 Å². The van der Waals surface area contributed by atoms with Gasteiger partial charge in [0.2, 0.25) is 5.91 Å². The highest BCUT2D eigenvalue weighted by molar-refractivity contribution is 5.78. The Morgan fingerprint density at radius 2 is 2.00 bits per heavy atom. The molecule has 2 rings (SSSR count). The molecule has 1 aromatic rings. The first kappa shape index (κ1) is 14.9. The van der Waals surface area contributed by atoms with Crippen molar-refractivity contribution in [1.82, 2.24) is 10.2 Å². The van der Waals surface area contributed by atoms with Crippen LogP contribution in [0.1, 0.15) is 24.8 Å². The average molecular weight is 275 g/mol. The van der Waals surface area contributed by atoms with Crippen molar-refractivity contribution in [2.24, 2.45) is 0 Å². The summed E-state index contributed by atoms with van der Waals surface area (Å²) in [5, 5.41) is 7.01. The summed E-state index contributed by atoms with van der Waals surface area (Å²) >= 11 is 0. The zero-order chi connectivity index (χ0) is 14.4. The summed E-state index contributed by atoms with van der Waals surface area (Å²) in [6, 6.07) is 8.80. The fraction of sp³-hybridized carbons (Fsp3) is 0.562. The molecule has 0 radical (unpaired) electrons. The molecular weight excluding hydrogens is 250 g/mol. The third-order valence-electron chi connectivity index (χ3n) is 3.75. The summed E-state index contributed by atoms with van der Waals surface area (Å²) in [7, 11) is 3.58. The first-order valence-corrected chi connectivity index (χ1v) is 7.41. The molecule has 1 saturated heterocycles. The minimum absolute atomic E-state index is 0.139. The number of benzene rings is 1. The number of anilines is 1. The quantitative estimate of drug-likeness (QED) is 0.882. The van der Waals surface area contributed by atoms with Crippen LogP contribution in [0.2, 0.25) is 0 Å². The van der Waals surface area contributed by atoms with Crippen LogP contribution in [-0.4, -0.2) is 44.0 Å². The number of hydrogen-bond donors (Lipinski definition) is 2. The number of amides is 1. The van der Waals surface area contributed by atoms with Gasteiger partial charge in [-0.1, -0.05) is 12.1 Å². The predicted octanol–water partition coefficient (Wildman–Crippen LogP) is 1.87. The molecule has 20 heavy (non-hydrogen) atoms. The third-order valence-corrected chi connectivity index (χ3v) is 3.75. The lowest BCUT2D eigenvalue weighted by Gasteiger charge is -2.17. The summed E-state index contributed by atoms with van der Waals surface area (Å²) in [4.78, 5) is 13.3. The molecule has 1 heterocycles. The van der Waals surface area contributed by atoms with Crippen LogP contribution in [0.4, 0.5) is 5.69 Å². The Labute approximate surface area is 121 Å². The van der Waals surface area contributed by atoms with E-state index in [1.54, 1.807) is 19.0 Å². The Kier molecular flexibility index (Phi) is 5.41. The molecule has 0 spiro atoms. The summed E-state index contributed by atoms with van der Waals surface area (Å²) in [6.45, 7) is 2.22. The Morgan fingerprint density at radius 3 is 2.70 bits per heavy atom. The van der Waals surface area contributed by atoms with Crippen molar-refractivity contribution in [3.63, 3.8) is 0 Å². The summed E-state index contributed by atoms with van der Waals surface area (Å²) in [5.41, 5.74) is 2.22. The molecule has 4 heteroatoms. The molecule has 1 aliphatic rings. The van der Waals surface area contributed by atoms with Crippen LogP contribution in [0.15, 0.2) is 24.3 Å². The molecule has 1 unspecified atom stereocenters. The zero-order valence-electron chi connectivity index (χ0n) is 12.5. The average Bonchev–Trinajstić information content (AvgIpc) is 2.69. The maximum Gasteiger partial charge on any atom is 0.226 e. The standard InChI is InChI=1S/C16H25N3O/c1-19(2)16(20)12-13-5-7-15(8-6-13)18-14-4-3-10-17-11-9-14/h5-8,14,17-18H,3-4,9-12H2,1-2H3. The molecule has 110 valence electrons. The molecular formula is C16H25N3O. The van der Waals surface area contributed by atoms with Crippen LogP contribution in [0.3, 0.4) is 0 Å². The molecule has 0 bridgehead atoms. The highest BCUT2D eigenvalue weighted by Gasteiger charge is 2.11. The lowest BCUT2D eigenvalue weighted by molar-refractivity contribution is -0.127. The van der Waals surface area contributed by atoms with Crippen molar-refractivity contribution in [3.05, 3.63) is 29.8 Å². The van der Waals surface area contributed by atoms with Gasteiger partial charge in [0.05, 0.1) is 6.42 Å². The minimum Gasteiger partial charge on any atom is -0.382 e. The molecule has 1 fully saturated rings. The second-order valence-electron chi connectivity index (χ2n) is 5.68. The van der Waals surface area contributed by atoms with Gasteiger partial charge in [0.15, 0.2) is 0 Å². The molecule has 1 aliphatic heterocycles. The van der Waals surface area contributed by atoms with E-state index in [0.717, 1.165) is 24.3 Å². The van der Waals surface area contributed by atoms with Crippen molar-refractivity contribution in [3.8, 4) is 0 Å². The molecule has 1 aromatic carbocycles. The Bertz CT molecular complexity index is 420. The minimum atomic E-state index is 0.139. The number of carbonyl (C=O) groups excluding carboxylic acids is 1. The van der Waals surface area contributed by atoms with Gasteiger partial charge in [-0.2, -0.15) is 0 Å². The smallest absolute Gasteiger partial charge is 0.226 e. The van der Waals surface area contributed by atoms with Gasteiger partial charge in [-0.15, -0.1) is 0 Å². The van der Waals surface area contributed by atoms with E-state index in [9.17, 15) is 4.79 Å². The monoisotopic (exact) mass is 275 g/mol. The van der Waals surface area contributed by atoms with Crippen LogP contribution in [0, 0.1) is 0 Å². The van der Waals surface area contributed by atoms with Crippen molar-refractivity contribution in [2.45, 2.75) is 31.7 Å². The van der Waals surface area contributed by atoms with Gasteiger partial charge >= 0.3 is 0 Å². The second-order valence-corrected chi connectivity index (χ2v) is 5.68. The SMILES string of the molecule is CN(C)C(=O)Cc1ccc(NC2CCCNCC2)cc1. The van der Waals surface area contributed by atoms with E-state index in [-0.39, 0.29) is 5.91 Å². The molecule has 0 saturated carbocycles. The fourth-order valence-electron chi connectivity index (χ4n) is 2.45. The van der Waals surface area contributed by atoms with Crippen LogP contribution < -0.4 is 10.6 Å². The zero-order valence-corrected chi connectivity index (χ0v) is 12.5. The van der Waals surface area contributed by atoms with Crippen LogP contribution >= 0.6 is 0 Å². The summed E-state index contributed by atoms with van der Waals surface area (Å²) in [5.74, 6) is 0.139. The van der Waals surface area contributed by atoms with Gasteiger partial charge in [-0.3, -0.25) is 4.79 Å². The number of rotatable bonds is 4. The fourth-order valence-corrected chi connectivity index (χ4v) is 2.45. The number of nitrogens with zero attached hydrogens (tertiary/aromatic N) is 1. The van der Waals surface area contributed by atoms with E-state index in [1.807, 2.05) is 12.1 Å². The molecule has 4 nitrogen and oxygen atoms in total. The van der Waals surface area contributed by atoms with Gasteiger partial charge in [-0.25, -0.2) is 0 Å². The molecule has 0 aromatic heterocycles. The summed E-state index contributed by atoms with van der Waals surface area (Å²) < 4.78 is 0. The Morgan fingerprint density at radius 1 is 1.25 bits per heavy atom. The molecule has 2 N–H and O–H groups in total. The lowest BCUT2D eigenvalue weighted by Crippen LogP contribution is -2.23. The second kappa shape index (κ2) is 7.29. The highest BCUT2D eigenvalue weighted by Crippen LogP contribution is 2.15. The highest BCUT2D eigenvalue weighted by atomic mass is 16.2. The molecule has 0 aliphatic carbocycles. The van der Waals surface area contributed by atoms with E-state index < -0.39 is 0 Å². The van der Waals surface area contributed by atoms with Gasteiger partial charge in [0.1, 0.15) is 0 Å². The van der Waals surface area contributed by atoms with Crippen molar-refractivity contribution < 1.29 is 4.79 Å². The van der Waals surface area contributed by atoms with E-state index in [0.29, 0.717) is 12.5 Å². The maximum atomic E-state index is 11.7. The van der Waals surface area contributed by atoms with Crippen LogP contribution in [0.25, 0.3) is 0 Å². The first-order valence-electron chi connectivity index (χ1n) is 7.41. The van der Waals surface area contributed by atoms with Crippen molar-refractivity contribution in [2.75, 3.05) is 32.5 Å². The maximum absolute atomic E-state index is 11.7. The van der Waals surface area contributed by atoms with Crippen molar-refractivity contribution >= 4 is 11.6 Å².